The largest absolute Gasteiger partial charge is 0.488 e. The van der Waals surface area contributed by atoms with Gasteiger partial charge in [0.05, 0.1) is 0 Å². The minimum absolute atomic E-state index is 0.576. The monoisotopic (exact) mass is 218 g/mol. The summed E-state index contributed by atoms with van der Waals surface area (Å²) in [6.45, 7) is 0. The molecule has 0 aliphatic heterocycles. The maximum Gasteiger partial charge on any atom is 0.488 e. The van der Waals surface area contributed by atoms with E-state index >= 15 is 0 Å². The maximum absolute atomic E-state index is 8.99. The highest BCUT2D eigenvalue weighted by molar-refractivity contribution is 6.58. The molecular formula is C13H19BO2. The van der Waals surface area contributed by atoms with Crippen LogP contribution in [0.1, 0.15) is 37.7 Å². The Kier molecular flexibility index (Phi) is 4.02. The standard InChI is InChI=1S/C13H19BO2/c15-14(16)13-8-6-12(7-9-13)10-11-4-2-1-3-5-11/h6-9,11,15-16H,1-5,10H2. The first-order valence-electron chi connectivity index (χ1n) is 6.20. The lowest BCUT2D eigenvalue weighted by molar-refractivity contribution is 0.356. The molecule has 0 heterocycles. The fourth-order valence-corrected chi connectivity index (χ4v) is 2.55. The molecule has 0 saturated heterocycles. The molecular weight excluding hydrogens is 199 g/mol. The van der Waals surface area contributed by atoms with E-state index in [0.717, 1.165) is 12.3 Å². The molecule has 86 valence electrons. The van der Waals surface area contributed by atoms with Gasteiger partial charge >= 0.3 is 7.12 Å². The minimum Gasteiger partial charge on any atom is -0.423 e. The normalized spacial score (nSPS) is 17.4. The fraction of sp³-hybridized carbons (Fsp3) is 0.538. The second-order valence-electron chi connectivity index (χ2n) is 4.82. The summed E-state index contributed by atoms with van der Waals surface area (Å²) in [4.78, 5) is 0. The van der Waals surface area contributed by atoms with Gasteiger partial charge in [-0.3, -0.25) is 0 Å². The molecule has 0 spiro atoms. The summed E-state index contributed by atoms with van der Waals surface area (Å²) in [6, 6.07) is 7.65. The summed E-state index contributed by atoms with van der Waals surface area (Å²) in [5.41, 5.74) is 1.89. The molecule has 1 aliphatic carbocycles. The Bertz CT molecular complexity index is 315. The Labute approximate surface area is 97.5 Å². The van der Waals surface area contributed by atoms with Gasteiger partial charge in [-0.15, -0.1) is 0 Å². The predicted molar refractivity (Wildman–Crippen MR) is 66.5 cm³/mol. The third-order valence-electron chi connectivity index (χ3n) is 3.53. The Morgan fingerprint density at radius 2 is 1.62 bits per heavy atom. The fourth-order valence-electron chi connectivity index (χ4n) is 2.55. The summed E-state index contributed by atoms with van der Waals surface area (Å²) < 4.78 is 0. The van der Waals surface area contributed by atoms with Crippen LogP contribution in [-0.2, 0) is 6.42 Å². The van der Waals surface area contributed by atoms with Crippen molar-refractivity contribution in [2.45, 2.75) is 38.5 Å². The van der Waals surface area contributed by atoms with Gasteiger partial charge in [0.1, 0.15) is 0 Å². The summed E-state index contributed by atoms with van der Waals surface area (Å²) in [6.07, 6.45) is 7.99. The molecule has 1 aromatic carbocycles. The molecule has 0 amide bonds. The first-order chi connectivity index (χ1) is 7.75. The average molecular weight is 218 g/mol. The van der Waals surface area contributed by atoms with Crippen molar-refractivity contribution in [2.24, 2.45) is 5.92 Å². The van der Waals surface area contributed by atoms with Gasteiger partial charge in [0.2, 0.25) is 0 Å². The summed E-state index contributed by atoms with van der Waals surface area (Å²) in [5, 5.41) is 18.0. The van der Waals surface area contributed by atoms with Crippen molar-refractivity contribution in [2.75, 3.05) is 0 Å². The van der Waals surface area contributed by atoms with E-state index in [1.54, 1.807) is 0 Å². The molecule has 16 heavy (non-hydrogen) atoms. The molecule has 0 radical (unpaired) electrons. The highest BCUT2D eigenvalue weighted by Crippen LogP contribution is 2.26. The van der Waals surface area contributed by atoms with Crippen LogP contribution < -0.4 is 5.46 Å². The van der Waals surface area contributed by atoms with E-state index in [1.807, 2.05) is 24.3 Å². The summed E-state index contributed by atoms with van der Waals surface area (Å²) in [5.74, 6) is 0.832. The van der Waals surface area contributed by atoms with E-state index in [4.69, 9.17) is 10.0 Å². The van der Waals surface area contributed by atoms with Gasteiger partial charge in [-0.05, 0) is 23.4 Å². The molecule has 0 bridgehead atoms. The molecule has 2 rings (SSSR count). The van der Waals surface area contributed by atoms with Crippen LogP contribution in [0.3, 0.4) is 0 Å². The second-order valence-corrected chi connectivity index (χ2v) is 4.82. The van der Waals surface area contributed by atoms with Crippen molar-refractivity contribution in [3.8, 4) is 0 Å². The third-order valence-corrected chi connectivity index (χ3v) is 3.53. The van der Waals surface area contributed by atoms with E-state index in [9.17, 15) is 0 Å². The van der Waals surface area contributed by atoms with Crippen LogP contribution in [0.5, 0.6) is 0 Å². The molecule has 0 unspecified atom stereocenters. The zero-order valence-corrected chi connectivity index (χ0v) is 9.60. The van der Waals surface area contributed by atoms with Gasteiger partial charge < -0.3 is 10.0 Å². The van der Waals surface area contributed by atoms with Crippen LogP contribution in [0, 0.1) is 5.92 Å². The maximum atomic E-state index is 8.99. The van der Waals surface area contributed by atoms with Crippen LogP contribution in [0.4, 0.5) is 0 Å². The van der Waals surface area contributed by atoms with Gasteiger partial charge in [0, 0.05) is 0 Å². The number of rotatable bonds is 3. The molecule has 1 aliphatic rings. The number of hydrogen-bond donors (Lipinski definition) is 2. The lowest BCUT2D eigenvalue weighted by Crippen LogP contribution is -2.29. The average Bonchev–Trinajstić information content (AvgIpc) is 2.31. The van der Waals surface area contributed by atoms with Crippen molar-refractivity contribution >= 4 is 12.6 Å². The molecule has 1 saturated carbocycles. The van der Waals surface area contributed by atoms with Crippen LogP contribution >= 0.6 is 0 Å². The molecule has 3 heteroatoms. The molecule has 1 aromatic rings. The van der Waals surface area contributed by atoms with Crippen molar-refractivity contribution in [3.05, 3.63) is 29.8 Å². The lowest BCUT2D eigenvalue weighted by atomic mass is 9.79. The molecule has 0 atom stereocenters. The predicted octanol–water partition coefficient (Wildman–Crippen LogP) is 1.49. The lowest BCUT2D eigenvalue weighted by Gasteiger charge is -2.21. The van der Waals surface area contributed by atoms with E-state index < -0.39 is 7.12 Å². The van der Waals surface area contributed by atoms with E-state index in [0.29, 0.717) is 5.46 Å². The van der Waals surface area contributed by atoms with Crippen molar-refractivity contribution in [3.63, 3.8) is 0 Å². The van der Waals surface area contributed by atoms with Gasteiger partial charge in [-0.1, -0.05) is 56.4 Å². The minimum atomic E-state index is -1.34. The van der Waals surface area contributed by atoms with E-state index in [-0.39, 0.29) is 0 Å². The van der Waals surface area contributed by atoms with Crippen LogP contribution in [0.25, 0.3) is 0 Å². The van der Waals surface area contributed by atoms with Gasteiger partial charge in [0.15, 0.2) is 0 Å². The SMILES string of the molecule is OB(O)c1ccc(CC2CCCCC2)cc1. The van der Waals surface area contributed by atoms with E-state index in [1.165, 1.54) is 37.7 Å². The van der Waals surface area contributed by atoms with Crippen molar-refractivity contribution < 1.29 is 10.0 Å². The summed E-state index contributed by atoms with van der Waals surface area (Å²) in [7, 11) is -1.34. The molecule has 2 nitrogen and oxygen atoms in total. The zero-order chi connectivity index (χ0) is 11.4. The summed E-state index contributed by atoms with van der Waals surface area (Å²) >= 11 is 0. The molecule has 0 aromatic heterocycles. The van der Waals surface area contributed by atoms with Crippen LogP contribution in [0.15, 0.2) is 24.3 Å². The first kappa shape index (κ1) is 11.7. The first-order valence-corrected chi connectivity index (χ1v) is 6.20. The van der Waals surface area contributed by atoms with Crippen molar-refractivity contribution in [1.29, 1.82) is 0 Å². The Hall–Kier alpha value is -0.795. The Morgan fingerprint density at radius 3 is 2.19 bits per heavy atom. The Balaban J connectivity index is 1.93. The van der Waals surface area contributed by atoms with Gasteiger partial charge in [0.25, 0.3) is 0 Å². The molecule has 1 fully saturated rings. The smallest absolute Gasteiger partial charge is 0.423 e. The second kappa shape index (κ2) is 5.51. The van der Waals surface area contributed by atoms with Gasteiger partial charge in [-0.25, -0.2) is 0 Å². The quantitative estimate of drug-likeness (QED) is 0.754. The highest BCUT2D eigenvalue weighted by Gasteiger charge is 2.14. The van der Waals surface area contributed by atoms with Crippen LogP contribution in [0.2, 0.25) is 0 Å². The van der Waals surface area contributed by atoms with Crippen LogP contribution in [-0.4, -0.2) is 17.2 Å². The number of benzene rings is 1. The van der Waals surface area contributed by atoms with Gasteiger partial charge in [-0.2, -0.15) is 0 Å². The topological polar surface area (TPSA) is 40.5 Å². The molecule has 2 N–H and O–H groups in total. The van der Waals surface area contributed by atoms with E-state index in [2.05, 4.69) is 0 Å². The highest BCUT2D eigenvalue weighted by atomic mass is 16.4. The number of hydrogen-bond acceptors (Lipinski definition) is 2. The zero-order valence-electron chi connectivity index (χ0n) is 9.60. The van der Waals surface area contributed by atoms with Crippen molar-refractivity contribution in [1.82, 2.24) is 0 Å². The third kappa shape index (κ3) is 3.10. The Morgan fingerprint density at radius 1 is 1.00 bits per heavy atom.